The molecule has 2 nitrogen and oxygen atoms in total. The highest BCUT2D eigenvalue weighted by molar-refractivity contribution is 5.70. The van der Waals surface area contributed by atoms with E-state index < -0.39 is 18.6 Å². The molecule has 0 saturated carbocycles. The minimum absolute atomic E-state index is 0.167. The van der Waals surface area contributed by atoms with Crippen LogP contribution in [0, 0.1) is 0 Å². The lowest BCUT2D eigenvalue weighted by Crippen LogP contribution is -2.13. The fraction of sp³-hybridized carbons (Fsp3) is 0.417. The average Bonchev–Trinajstić information content (AvgIpc) is 2.17. The number of rotatable bonds is 4. The molecule has 0 radical (unpaired) electrons. The maximum absolute atomic E-state index is 12.3. The van der Waals surface area contributed by atoms with Crippen LogP contribution in [0.25, 0.3) is 0 Å². The van der Waals surface area contributed by atoms with Crippen LogP contribution >= 0.6 is 0 Å². The second-order valence-corrected chi connectivity index (χ2v) is 3.82. The van der Waals surface area contributed by atoms with E-state index in [4.69, 9.17) is 5.11 Å². The van der Waals surface area contributed by atoms with Gasteiger partial charge < -0.3 is 5.11 Å². The molecule has 0 aliphatic heterocycles. The van der Waals surface area contributed by atoms with Gasteiger partial charge in [-0.25, -0.2) is 0 Å². The molecule has 0 unspecified atom stereocenters. The van der Waals surface area contributed by atoms with E-state index in [0.717, 1.165) is 0 Å². The topological polar surface area (TPSA) is 37.3 Å². The van der Waals surface area contributed by atoms with Gasteiger partial charge in [-0.15, -0.1) is 0 Å². The van der Waals surface area contributed by atoms with Crippen LogP contribution in [-0.4, -0.2) is 17.3 Å². The number of hydrogen-bond donors (Lipinski definition) is 1. The molecule has 0 spiro atoms. The van der Waals surface area contributed by atoms with E-state index in [9.17, 15) is 18.0 Å². The van der Waals surface area contributed by atoms with Crippen molar-refractivity contribution in [3.05, 3.63) is 34.9 Å². The Morgan fingerprint density at radius 1 is 1.29 bits per heavy atom. The van der Waals surface area contributed by atoms with Crippen molar-refractivity contribution in [3.8, 4) is 0 Å². The third-order valence-corrected chi connectivity index (χ3v) is 2.40. The van der Waals surface area contributed by atoms with E-state index in [1.807, 2.05) is 0 Å². The first-order valence-electron chi connectivity index (χ1n) is 5.21. The van der Waals surface area contributed by atoms with Gasteiger partial charge in [0.1, 0.15) is 0 Å². The minimum Gasteiger partial charge on any atom is -0.481 e. The van der Waals surface area contributed by atoms with Crippen molar-refractivity contribution in [2.45, 2.75) is 32.4 Å². The summed E-state index contributed by atoms with van der Waals surface area (Å²) in [7, 11) is 0. The summed E-state index contributed by atoms with van der Waals surface area (Å²) in [6.45, 7) is 1.75. The Labute approximate surface area is 97.1 Å². The lowest BCUT2D eigenvalue weighted by molar-refractivity contribution is -0.136. The Hall–Kier alpha value is -1.52. The smallest absolute Gasteiger partial charge is 0.393 e. The molecule has 0 aromatic heterocycles. The third kappa shape index (κ3) is 4.46. The van der Waals surface area contributed by atoms with Crippen molar-refractivity contribution >= 4 is 5.97 Å². The Kier molecular flexibility index (Phi) is 4.15. The normalized spacial score (nSPS) is 11.5. The van der Waals surface area contributed by atoms with Crippen LogP contribution in [0.5, 0.6) is 0 Å². The number of benzene rings is 1. The minimum atomic E-state index is -4.24. The first-order valence-corrected chi connectivity index (χ1v) is 5.21. The summed E-state index contributed by atoms with van der Waals surface area (Å²) in [5.41, 5.74) is 1.30. The number of alkyl halides is 3. The molecule has 0 aliphatic rings. The first-order chi connectivity index (χ1) is 7.81. The highest BCUT2D eigenvalue weighted by atomic mass is 19.4. The molecule has 1 rings (SSSR count). The van der Waals surface area contributed by atoms with Crippen LogP contribution in [0.1, 0.15) is 23.6 Å². The van der Waals surface area contributed by atoms with Crippen LogP contribution in [-0.2, 0) is 24.1 Å². The van der Waals surface area contributed by atoms with Gasteiger partial charge in [-0.3, -0.25) is 4.79 Å². The zero-order chi connectivity index (χ0) is 13.1. The average molecular weight is 246 g/mol. The summed E-state index contributed by atoms with van der Waals surface area (Å²) < 4.78 is 36.8. The van der Waals surface area contributed by atoms with E-state index in [0.29, 0.717) is 17.5 Å². The first kappa shape index (κ1) is 13.5. The molecule has 0 saturated heterocycles. The van der Waals surface area contributed by atoms with E-state index in [2.05, 4.69) is 0 Å². The summed E-state index contributed by atoms with van der Waals surface area (Å²) in [5.74, 6) is -0.990. The highest BCUT2D eigenvalue weighted by Gasteiger charge is 2.28. The molecule has 17 heavy (non-hydrogen) atoms. The molecule has 0 amide bonds. The van der Waals surface area contributed by atoms with Crippen molar-refractivity contribution < 1.29 is 23.1 Å². The van der Waals surface area contributed by atoms with Crippen LogP contribution in [0.15, 0.2) is 18.2 Å². The second-order valence-electron chi connectivity index (χ2n) is 3.82. The Morgan fingerprint density at radius 2 is 1.94 bits per heavy atom. The predicted octanol–water partition coefficient (Wildman–Crippen LogP) is 2.98. The summed E-state index contributed by atoms with van der Waals surface area (Å²) in [6, 6.07) is 4.34. The van der Waals surface area contributed by atoms with Gasteiger partial charge in [-0.1, -0.05) is 25.1 Å². The maximum Gasteiger partial charge on any atom is 0.393 e. The van der Waals surface area contributed by atoms with E-state index in [1.54, 1.807) is 6.92 Å². The number of carboxylic acids is 1. The number of carboxylic acid groups (broad SMARTS) is 1. The molecule has 1 aromatic carbocycles. The lowest BCUT2D eigenvalue weighted by atomic mass is 9.98. The number of aliphatic carboxylic acids is 1. The molecule has 0 fully saturated rings. The fourth-order valence-corrected chi connectivity index (χ4v) is 1.68. The standard InChI is InChI=1S/C12H13F3O2/c1-2-9-5-8(6-11(16)17)3-4-10(9)7-12(13,14)15/h3-5H,2,6-7H2,1H3,(H,16,17). The van der Waals surface area contributed by atoms with Crippen LogP contribution in [0.4, 0.5) is 13.2 Å². The van der Waals surface area contributed by atoms with Gasteiger partial charge in [-0.2, -0.15) is 13.2 Å². The van der Waals surface area contributed by atoms with E-state index in [-0.39, 0.29) is 12.0 Å². The van der Waals surface area contributed by atoms with Crippen molar-refractivity contribution in [2.24, 2.45) is 0 Å². The van der Waals surface area contributed by atoms with Crippen molar-refractivity contribution in [3.63, 3.8) is 0 Å². The zero-order valence-corrected chi connectivity index (χ0v) is 9.34. The molecule has 5 heteroatoms. The van der Waals surface area contributed by atoms with Crippen molar-refractivity contribution in [1.82, 2.24) is 0 Å². The molecule has 1 aromatic rings. The molecular weight excluding hydrogens is 233 g/mol. The summed E-state index contributed by atoms with van der Waals surface area (Å²) in [6.07, 6.45) is -4.92. The van der Waals surface area contributed by atoms with E-state index >= 15 is 0 Å². The zero-order valence-electron chi connectivity index (χ0n) is 9.34. The predicted molar refractivity (Wildman–Crippen MR) is 56.9 cm³/mol. The number of hydrogen-bond acceptors (Lipinski definition) is 1. The van der Waals surface area contributed by atoms with Gasteiger partial charge in [0.25, 0.3) is 0 Å². The molecule has 94 valence electrons. The Bertz CT molecular complexity index is 411. The van der Waals surface area contributed by atoms with E-state index in [1.165, 1.54) is 18.2 Å². The summed E-state index contributed by atoms with van der Waals surface area (Å²) in [5, 5.41) is 8.61. The number of aryl methyl sites for hydroxylation is 1. The summed E-state index contributed by atoms with van der Waals surface area (Å²) >= 11 is 0. The van der Waals surface area contributed by atoms with Gasteiger partial charge in [0, 0.05) is 0 Å². The largest absolute Gasteiger partial charge is 0.481 e. The van der Waals surface area contributed by atoms with Crippen LogP contribution < -0.4 is 0 Å². The molecule has 0 heterocycles. The van der Waals surface area contributed by atoms with Crippen molar-refractivity contribution in [1.29, 1.82) is 0 Å². The fourth-order valence-electron chi connectivity index (χ4n) is 1.68. The number of carbonyl (C=O) groups is 1. The van der Waals surface area contributed by atoms with Crippen LogP contribution in [0.2, 0.25) is 0 Å². The Morgan fingerprint density at radius 3 is 2.41 bits per heavy atom. The lowest BCUT2D eigenvalue weighted by Gasteiger charge is -2.12. The van der Waals surface area contributed by atoms with Gasteiger partial charge in [-0.05, 0) is 23.1 Å². The van der Waals surface area contributed by atoms with Gasteiger partial charge in [0.05, 0.1) is 12.8 Å². The molecular formula is C12H13F3O2. The van der Waals surface area contributed by atoms with Crippen molar-refractivity contribution in [2.75, 3.05) is 0 Å². The molecule has 0 bridgehead atoms. The SMILES string of the molecule is CCc1cc(CC(=O)O)ccc1CC(F)(F)F. The van der Waals surface area contributed by atoms with Gasteiger partial charge in [0.2, 0.25) is 0 Å². The third-order valence-electron chi connectivity index (χ3n) is 2.40. The molecule has 0 aliphatic carbocycles. The summed E-state index contributed by atoms with van der Waals surface area (Å²) in [4.78, 5) is 10.5. The van der Waals surface area contributed by atoms with Gasteiger partial charge in [0.15, 0.2) is 0 Å². The second kappa shape index (κ2) is 5.21. The maximum atomic E-state index is 12.3. The monoisotopic (exact) mass is 246 g/mol. The highest BCUT2D eigenvalue weighted by Crippen LogP contribution is 2.24. The van der Waals surface area contributed by atoms with Gasteiger partial charge >= 0.3 is 12.1 Å². The quantitative estimate of drug-likeness (QED) is 0.886. The Balaban J connectivity index is 2.97. The molecule has 0 atom stereocenters. The van der Waals surface area contributed by atoms with Crippen LogP contribution in [0.3, 0.4) is 0 Å². The molecule has 1 N–H and O–H groups in total. The number of halogens is 3.